The number of aliphatic hydroxyl groups excluding tert-OH is 1. The van der Waals surface area contributed by atoms with Crippen LogP contribution in [0.3, 0.4) is 0 Å². The zero-order chi connectivity index (χ0) is 11.8. The van der Waals surface area contributed by atoms with Crippen LogP contribution in [0.5, 0.6) is 0 Å². The molecule has 0 radical (unpaired) electrons. The van der Waals surface area contributed by atoms with E-state index in [-0.39, 0.29) is 6.61 Å². The van der Waals surface area contributed by atoms with Crippen LogP contribution in [0.1, 0.15) is 6.42 Å². The fraction of sp³-hybridized carbons (Fsp3) is 0.417. The molecule has 90 valence electrons. The molecule has 3 rings (SSSR count). The van der Waals surface area contributed by atoms with Gasteiger partial charge in [0.25, 0.3) is 6.01 Å². The first-order valence-corrected chi connectivity index (χ1v) is 6.06. The molecule has 0 bridgehead atoms. The molecule has 0 saturated carbocycles. The molecular weight excluding hydrogens is 240 g/mol. The summed E-state index contributed by atoms with van der Waals surface area (Å²) in [5.74, 6) is 0.327. The van der Waals surface area contributed by atoms with Crippen molar-refractivity contribution in [1.29, 1.82) is 0 Å². The first kappa shape index (κ1) is 10.9. The molecule has 1 aromatic carbocycles. The van der Waals surface area contributed by atoms with Gasteiger partial charge in [0, 0.05) is 36.7 Å². The van der Waals surface area contributed by atoms with E-state index in [2.05, 4.69) is 9.88 Å². The van der Waals surface area contributed by atoms with Crippen molar-refractivity contribution >= 4 is 28.7 Å². The summed E-state index contributed by atoms with van der Waals surface area (Å²) in [7, 11) is 0. The largest absolute Gasteiger partial charge is 0.423 e. The van der Waals surface area contributed by atoms with E-state index in [0.29, 0.717) is 22.5 Å². The van der Waals surface area contributed by atoms with Crippen molar-refractivity contribution in [1.82, 2.24) is 4.98 Å². The molecule has 1 fully saturated rings. The fourth-order valence-corrected chi connectivity index (χ4v) is 2.34. The van der Waals surface area contributed by atoms with Crippen LogP contribution in [0.4, 0.5) is 6.01 Å². The molecule has 17 heavy (non-hydrogen) atoms. The Labute approximate surface area is 104 Å². The average Bonchev–Trinajstić information content (AvgIpc) is 2.93. The highest BCUT2D eigenvalue weighted by Gasteiger charge is 2.25. The van der Waals surface area contributed by atoms with E-state index in [0.717, 1.165) is 25.0 Å². The zero-order valence-electron chi connectivity index (χ0n) is 9.27. The highest BCUT2D eigenvalue weighted by atomic mass is 35.5. The molecule has 5 heteroatoms. The van der Waals surface area contributed by atoms with Crippen molar-refractivity contribution in [3.8, 4) is 0 Å². The van der Waals surface area contributed by atoms with Crippen LogP contribution in [0.2, 0.25) is 5.02 Å². The Bertz CT molecular complexity index is 540. The molecule has 2 heterocycles. The number of nitrogens with zero attached hydrogens (tertiary/aromatic N) is 2. The molecule has 0 amide bonds. The highest BCUT2D eigenvalue weighted by molar-refractivity contribution is 6.31. The topological polar surface area (TPSA) is 49.5 Å². The van der Waals surface area contributed by atoms with E-state index in [1.807, 2.05) is 6.07 Å². The zero-order valence-corrected chi connectivity index (χ0v) is 10.0. The summed E-state index contributed by atoms with van der Waals surface area (Å²) in [4.78, 5) is 6.49. The molecule has 4 nitrogen and oxygen atoms in total. The summed E-state index contributed by atoms with van der Waals surface area (Å²) in [6.45, 7) is 1.91. The van der Waals surface area contributed by atoms with E-state index in [4.69, 9.17) is 21.1 Å². The number of aromatic nitrogens is 1. The smallest absolute Gasteiger partial charge is 0.298 e. The summed E-state index contributed by atoms with van der Waals surface area (Å²) in [6.07, 6.45) is 0.982. The van der Waals surface area contributed by atoms with E-state index in [1.165, 1.54) is 0 Å². The third-order valence-electron chi connectivity index (χ3n) is 3.15. The molecule has 1 N–H and O–H groups in total. The minimum absolute atomic E-state index is 0.225. The van der Waals surface area contributed by atoms with Gasteiger partial charge in [-0.15, -0.1) is 0 Å². The number of anilines is 1. The maximum absolute atomic E-state index is 9.11. The molecule has 1 aromatic heterocycles. The van der Waals surface area contributed by atoms with Crippen molar-refractivity contribution in [2.45, 2.75) is 6.42 Å². The lowest BCUT2D eigenvalue weighted by molar-refractivity contribution is 0.238. The number of oxazole rings is 1. The molecule has 0 aliphatic carbocycles. The monoisotopic (exact) mass is 252 g/mol. The third kappa shape index (κ3) is 1.98. The number of fused-ring (bicyclic) bond motifs is 1. The number of hydrogen-bond acceptors (Lipinski definition) is 4. The van der Waals surface area contributed by atoms with E-state index in [1.54, 1.807) is 12.1 Å². The number of halogens is 1. The Morgan fingerprint density at radius 3 is 3.18 bits per heavy atom. The van der Waals surface area contributed by atoms with Crippen LogP contribution in [0.15, 0.2) is 22.6 Å². The third-order valence-corrected chi connectivity index (χ3v) is 3.39. The maximum atomic E-state index is 9.11. The quantitative estimate of drug-likeness (QED) is 0.891. The van der Waals surface area contributed by atoms with Crippen molar-refractivity contribution in [3.05, 3.63) is 23.2 Å². The molecule has 1 atom stereocenters. The van der Waals surface area contributed by atoms with Crippen LogP contribution in [0.25, 0.3) is 11.1 Å². The van der Waals surface area contributed by atoms with Gasteiger partial charge >= 0.3 is 0 Å². The molecule has 1 saturated heterocycles. The van der Waals surface area contributed by atoms with Gasteiger partial charge in [-0.05, 0) is 18.6 Å². The van der Waals surface area contributed by atoms with E-state index >= 15 is 0 Å². The summed E-state index contributed by atoms with van der Waals surface area (Å²) in [5.41, 5.74) is 1.52. The van der Waals surface area contributed by atoms with Crippen LogP contribution in [-0.4, -0.2) is 29.8 Å². The highest BCUT2D eigenvalue weighted by Crippen LogP contribution is 2.28. The number of rotatable bonds is 2. The molecule has 1 aliphatic rings. The van der Waals surface area contributed by atoms with Crippen molar-refractivity contribution in [3.63, 3.8) is 0 Å². The van der Waals surface area contributed by atoms with Gasteiger partial charge in [0.05, 0.1) is 0 Å². The molecule has 1 unspecified atom stereocenters. The van der Waals surface area contributed by atoms with Crippen molar-refractivity contribution < 1.29 is 9.52 Å². The van der Waals surface area contributed by atoms with Crippen LogP contribution >= 0.6 is 11.6 Å². The lowest BCUT2D eigenvalue weighted by Gasteiger charge is -2.12. The number of aliphatic hydroxyl groups is 1. The minimum atomic E-state index is 0.225. The summed E-state index contributed by atoms with van der Waals surface area (Å²) in [6, 6.07) is 6.05. The Morgan fingerprint density at radius 2 is 2.41 bits per heavy atom. The minimum Gasteiger partial charge on any atom is -0.423 e. The number of hydrogen-bond donors (Lipinski definition) is 1. The second-order valence-electron chi connectivity index (χ2n) is 4.39. The fourth-order valence-electron chi connectivity index (χ4n) is 2.18. The van der Waals surface area contributed by atoms with E-state index in [9.17, 15) is 0 Å². The lowest BCUT2D eigenvalue weighted by Crippen LogP contribution is -2.20. The van der Waals surface area contributed by atoms with Crippen molar-refractivity contribution in [2.75, 3.05) is 24.6 Å². The Morgan fingerprint density at radius 1 is 1.53 bits per heavy atom. The van der Waals surface area contributed by atoms with Gasteiger partial charge in [-0.3, -0.25) is 0 Å². The van der Waals surface area contributed by atoms with Crippen LogP contribution < -0.4 is 4.90 Å². The second-order valence-corrected chi connectivity index (χ2v) is 4.83. The van der Waals surface area contributed by atoms with Gasteiger partial charge in [0.2, 0.25) is 0 Å². The molecular formula is C12H13ClN2O2. The van der Waals surface area contributed by atoms with Crippen LogP contribution in [-0.2, 0) is 0 Å². The van der Waals surface area contributed by atoms with Crippen LogP contribution in [0, 0.1) is 5.92 Å². The average molecular weight is 253 g/mol. The van der Waals surface area contributed by atoms with Gasteiger partial charge in [-0.25, -0.2) is 0 Å². The SMILES string of the molecule is OCC1CCN(c2nc3ccc(Cl)cc3o2)C1. The standard InChI is InChI=1S/C12H13ClN2O2/c13-9-1-2-10-11(5-9)17-12(14-10)15-4-3-8(6-15)7-16/h1-2,5,8,16H,3-4,6-7H2. The van der Waals surface area contributed by atoms with Gasteiger partial charge in [0.15, 0.2) is 5.58 Å². The maximum Gasteiger partial charge on any atom is 0.298 e. The molecule has 1 aliphatic heterocycles. The van der Waals surface area contributed by atoms with Gasteiger partial charge in [-0.2, -0.15) is 4.98 Å². The first-order chi connectivity index (χ1) is 8.26. The molecule has 0 spiro atoms. The predicted octanol–water partition coefficient (Wildman–Crippen LogP) is 2.30. The van der Waals surface area contributed by atoms with Crippen molar-refractivity contribution in [2.24, 2.45) is 5.92 Å². The van der Waals surface area contributed by atoms with Gasteiger partial charge in [0.1, 0.15) is 5.52 Å². The summed E-state index contributed by atoms with van der Waals surface area (Å²) in [5, 5.41) is 9.76. The number of benzene rings is 1. The second kappa shape index (κ2) is 4.20. The Hall–Kier alpha value is -1.26. The Balaban J connectivity index is 1.91. The first-order valence-electron chi connectivity index (χ1n) is 5.68. The molecule has 2 aromatic rings. The predicted molar refractivity (Wildman–Crippen MR) is 66.4 cm³/mol. The van der Waals surface area contributed by atoms with Gasteiger partial charge in [-0.1, -0.05) is 11.6 Å². The Kier molecular flexibility index (Phi) is 2.68. The van der Waals surface area contributed by atoms with Gasteiger partial charge < -0.3 is 14.4 Å². The van der Waals surface area contributed by atoms with E-state index < -0.39 is 0 Å². The summed E-state index contributed by atoms with van der Waals surface area (Å²) >= 11 is 5.90. The normalized spacial score (nSPS) is 20.4. The summed E-state index contributed by atoms with van der Waals surface area (Å²) < 4.78 is 5.67. The lowest BCUT2D eigenvalue weighted by atomic mass is 10.1.